The number of imidazole rings is 1. The summed E-state index contributed by atoms with van der Waals surface area (Å²) in [6, 6.07) is 9.04. The first-order valence-electron chi connectivity index (χ1n) is 11.8. The minimum absolute atomic E-state index is 0.0492. The molecule has 3 atom stereocenters. The Morgan fingerprint density at radius 1 is 1.00 bits per heavy atom. The van der Waals surface area contributed by atoms with Crippen LogP contribution in [0.25, 0.3) is 11.0 Å². The van der Waals surface area contributed by atoms with Crippen LogP contribution in [0.15, 0.2) is 24.3 Å². The lowest BCUT2D eigenvalue weighted by Gasteiger charge is -2.40. The van der Waals surface area contributed by atoms with Crippen molar-refractivity contribution in [2.45, 2.75) is 70.6 Å². The number of rotatable bonds is 3. The van der Waals surface area contributed by atoms with Gasteiger partial charge < -0.3 is 19.1 Å². The van der Waals surface area contributed by atoms with Crippen LogP contribution in [0.5, 0.6) is 0 Å². The zero-order chi connectivity index (χ0) is 20.7. The minimum Gasteiger partial charge on any atom is -0.372 e. The van der Waals surface area contributed by atoms with Gasteiger partial charge in [0.2, 0.25) is 11.9 Å². The van der Waals surface area contributed by atoms with E-state index in [0.29, 0.717) is 25.0 Å². The summed E-state index contributed by atoms with van der Waals surface area (Å²) in [5.74, 6) is 1.42. The maximum Gasteiger partial charge on any atom is 0.227 e. The van der Waals surface area contributed by atoms with Crippen LogP contribution in [0.3, 0.4) is 0 Å². The molecule has 1 aliphatic carbocycles. The molecule has 2 aliphatic heterocycles. The van der Waals surface area contributed by atoms with Crippen LogP contribution in [-0.2, 0) is 9.53 Å². The molecule has 30 heavy (non-hydrogen) atoms. The highest BCUT2D eigenvalue weighted by atomic mass is 16.5. The Labute approximate surface area is 179 Å². The largest absolute Gasteiger partial charge is 0.372 e. The molecule has 1 saturated carbocycles. The molecule has 0 radical (unpaired) electrons. The zero-order valence-electron chi connectivity index (χ0n) is 18.3. The van der Waals surface area contributed by atoms with Gasteiger partial charge in [0.1, 0.15) is 0 Å². The fourth-order valence-electron chi connectivity index (χ4n) is 5.75. The van der Waals surface area contributed by atoms with Crippen molar-refractivity contribution in [3.05, 3.63) is 24.3 Å². The van der Waals surface area contributed by atoms with E-state index in [1.165, 1.54) is 31.2 Å². The Balaban J connectivity index is 1.40. The molecule has 2 aromatic rings. The molecular weight excluding hydrogens is 376 g/mol. The molecule has 1 aromatic carbocycles. The van der Waals surface area contributed by atoms with Crippen molar-refractivity contribution in [2.75, 3.05) is 31.1 Å². The lowest BCUT2D eigenvalue weighted by atomic mass is 9.96. The number of ether oxygens (including phenoxy) is 1. The third-order valence-electron chi connectivity index (χ3n) is 7.05. The predicted octanol–water partition coefficient (Wildman–Crippen LogP) is 4.00. The molecule has 3 unspecified atom stereocenters. The third-order valence-corrected chi connectivity index (χ3v) is 7.05. The van der Waals surface area contributed by atoms with E-state index in [2.05, 4.69) is 47.6 Å². The van der Waals surface area contributed by atoms with Gasteiger partial charge in [-0.1, -0.05) is 25.0 Å². The summed E-state index contributed by atoms with van der Waals surface area (Å²) < 4.78 is 8.31. The quantitative estimate of drug-likeness (QED) is 0.767. The second-order valence-corrected chi connectivity index (χ2v) is 9.49. The normalized spacial score (nSPS) is 28.4. The lowest BCUT2D eigenvalue weighted by Crippen LogP contribution is -2.52. The van der Waals surface area contributed by atoms with E-state index in [4.69, 9.17) is 9.72 Å². The Morgan fingerprint density at radius 2 is 1.73 bits per heavy atom. The highest BCUT2D eigenvalue weighted by molar-refractivity contribution is 5.81. The Hall–Kier alpha value is -2.08. The topological polar surface area (TPSA) is 50.6 Å². The van der Waals surface area contributed by atoms with Gasteiger partial charge in [-0.15, -0.1) is 0 Å². The summed E-state index contributed by atoms with van der Waals surface area (Å²) >= 11 is 0. The molecule has 3 heterocycles. The number of morpholine rings is 1. The first kappa shape index (κ1) is 19.9. The van der Waals surface area contributed by atoms with E-state index < -0.39 is 0 Å². The van der Waals surface area contributed by atoms with Crippen LogP contribution >= 0.6 is 0 Å². The van der Waals surface area contributed by atoms with Gasteiger partial charge in [0.05, 0.1) is 29.2 Å². The number of fused-ring (bicyclic) bond motifs is 1. The molecular formula is C24H34N4O2. The van der Waals surface area contributed by atoms with Gasteiger partial charge in [0, 0.05) is 32.2 Å². The first-order chi connectivity index (χ1) is 14.6. The summed E-state index contributed by atoms with van der Waals surface area (Å²) in [7, 11) is 0. The van der Waals surface area contributed by atoms with Gasteiger partial charge in [0.25, 0.3) is 0 Å². The number of para-hydroxylation sites is 2. The molecule has 5 rings (SSSR count). The summed E-state index contributed by atoms with van der Waals surface area (Å²) in [6.07, 6.45) is 7.29. The van der Waals surface area contributed by atoms with Gasteiger partial charge in [-0.25, -0.2) is 4.98 Å². The second kappa shape index (κ2) is 8.22. The third kappa shape index (κ3) is 3.70. The molecule has 1 amide bonds. The van der Waals surface area contributed by atoms with E-state index in [1.54, 1.807) is 0 Å². The van der Waals surface area contributed by atoms with Gasteiger partial charge in [-0.05, 0) is 51.7 Å². The number of amides is 1. The van der Waals surface area contributed by atoms with E-state index in [1.807, 2.05) is 4.90 Å². The van der Waals surface area contributed by atoms with Crippen LogP contribution in [-0.4, -0.2) is 58.7 Å². The number of piperidine rings is 1. The molecule has 6 nitrogen and oxygen atoms in total. The van der Waals surface area contributed by atoms with Crippen LogP contribution in [0.1, 0.15) is 58.4 Å². The van der Waals surface area contributed by atoms with Crippen LogP contribution < -0.4 is 4.90 Å². The first-order valence-corrected chi connectivity index (χ1v) is 11.8. The summed E-state index contributed by atoms with van der Waals surface area (Å²) in [5.41, 5.74) is 2.31. The molecule has 3 fully saturated rings. The number of hydrogen-bond acceptors (Lipinski definition) is 4. The van der Waals surface area contributed by atoms with Crippen LogP contribution in [0.4, 0.5) is 5.95 Å². The Kier molecular flexibility index (Phi) is 5.44. The summed E-state index contributed by atoms with van der Waals surface area (Å²) in [5, 5.41) is 0. The Bertz CT molecular complexity index is 894. The van der Waals surface area contributed by atoms with Crippen molar-refractivity contribution in [1.82, 2.24) is 14.5 Å². The van der Waals surface area contributed by atoms with E-state index in [9.17, 15) is 4.79 Å². The highest BCUT2D eigenvalue weighted by Crippen LogP contribution is 2.37. The van der Waals surface area contributed by atoms with Crippen molar-refractivity contribution in [2.24, 2.45) is 5.92 Å². The van der Waals surface area contributed by atoms with Gasteiger partial charge in [-0.2, -0.15) is 0 Å². The fourth-order valence-corrected chi connectivity index (χ4v) is 5.75. The second-order valence-electron chi connectivity index (χ2n) is 9.49. The highest BCUT2D eigenvalue weighted by Gasteiger charge is 2.35. The number of carbonyl (C=O) groups is 1. The van der Waals surface area contributed by atoms with Gasteiger partial charge in [0.15, 0.2) is 0 Å². The fraction of sp³-hybridized carbons (Fsp3) is 0.667. The molecule has 3 aliphatic rings. The minimum atomic E-state index is 0.0492. The molecule has 1 aromatic heterocycles. The number of carbonyl (C=O) groups excluding carboxylic acids is 1. The smallest absolute Gasteiger partial charge is 0.227 e. The Morgan fingerprint density at radius 3 is 2.50 bits per heavy atom. The molecule has 0 N–H and O–H groups in total. The SMILES string of the molecule is CC1CN(C(=O)C2CCCN(c3nc4ccccc4n3C3CCCC3)C2)CC(C)O1. The van der Waals surface area contributed by atoms with Gasteiger partial charge >= 0.3 is 0 Å². The average Bonchev–Trinajstić information content (AvgIpc) is 3.40. The summed E-state index contributed by atoms with van der Waals surface area (Å²) in [6.45, 7) is 7.30. The number of hydrogen-bond donors (Lipinski definition) is 0. The van der Waals surface area contributed by atoms with E-state index in [-0.39, 0.29) is 18.1 Å². The average molecular weight is 411 g/mol. The molecule has 162 valence electrons. The van der Waals surface area contributed by atoms with Crippen molar-refractivity contribution >= 4 is 22.9 Å². The van der Waals surface area contributed by atoms with E-state index in [0.717, 1.165) is 37.4 Å². The van der Waals surface area contributed by atoms with Crippen molar-refractivity contribution in [1.29, 1.82) is 0 Å². The molecule has 0 bridgehead atoms. The monoisotopic (exact) mass is 410 g/mol. The standard InChI is InChI=1S/C24H34N4O2/c1-17-14-27(15-18(2)30-17)23(29)19-8-7-13-26(16-19)24-25-21-11-5-6-12-22(21)28(24)20-9-3-4-10-20/h5-6,11-12,17-20H,3-4,7-10,13-16H2,1-2H3. The van der Waals surface area contributed by atoms with Crippen molar-refractivity contribution < 1.29 is 9.53 Å². The summed E-state index contributed by atoms with van der Waals surface area (Å²) in [4.78, 5) is 22.8. The van der Waals surface area contributed by atoms with Crippen molar-refractivity contribution in [3.8, 4) is 0 Å². The lowest BCUT2D eigenvalue weighted by molar-refractivity contribution is -0.147. The van der Waals surface area contributed by atoms with E-state index >= 15 is 0 Å². The number of benzene rings is 1. The number of nitrogens with zero attached hydrogens (tertiary/aromatic N) is 4. The van der Waals surface area contributed by atoms with Crippen LogP contribution in [0.2, 0.25) is 0 Å². The predicted molar refractivity (Wildman–Crippen MR) is 119 cm³/mol. The van der Waals surface area contributed by atoms with Gasteiger partial charge in [-0.3, -0.25) is 4.79 Å². The molecule has 0 spiro atoms. The molecule has 6 heteroatoms. The maximum atomic E-state index is 13.4. The number of aromatic nitrogens is 2. The zero-order valence-corrected chi connectivity index (χ0v) is 18.3. The van der Waals surface area contributed by atoms with Crippen LogP contribution in [0, 0.1) is 5.92 Å². The maximum absolute atomic E-state index is 13.4. The molecule has 2 saturated heterocycles. The van der Waals surface area contributed by atoms with Crippen molar-refractivity contribution in [3.63, 3.8) is 0 Å². The number of anilines is 1.